The van der Waals surface area contributed by atoms with Gasteiger partial charge in [0.25, 0.3) is 5.91 Å². The van der Waals surface area contributed by atoms with Crippen molar-refractivity contribution in [3.05, 3.63) is 70.4 Å². The van der Waals surface area contributed by atoms with E-state index in [1.54, 1.807) is 0 Å². The fourth-order valence-electron chi connectivity index (χ4n) is 2.91. The summed E-state index contributed by atoms with van der Waals surface area (Å²) in [5, 5.41) is 8.71. The summed E-state index contributed by atoms with van der Waals surface area (Å²) in [5.74, 6) is -1.07. The van der Waals surface area contributed by atoms with Crippen molar-refractivity contribution in [2.75, 3.05) is 0 Å². The van der Waals surface area contributed by atoms with Crippen molar-refractivity contribution in [1.82, 2.24) is 25.5 Å². The number of fused-ring (bicyclic) bond motifs is 1. The van der Waals surface area contributed by atoms with E-state index in [1.165, 1.54) is 30.3 Å². The Hall–Kier alpha value is -3.40. The van der Waals surface area contributed by atoms with Gasteiger partial charge < -0.3 is 10.3 Å². The number of carbonyl (C=O) groups is 1. The number of aromatic nitrogens is 4. The number of hydrogen-bond donors (Lipinski definition) is 3. The molecule has 0 aliphatic heterocycles. The number of halogens is 5. The maximum Gasteiger partial charge on any atom is 0.433 e. The van der Waals surface area contributed by atoms with Crippen LogP contribution in [0.1, 0.15) is 21.7 Å². The van der Waals surface area contributed by atoms with E-state index in [4.69, 9.17) is 11.6 Å². The molecule has 4 rings (SSSR count). The van der Waals surface area contributed by atoms with Crippen LogP contribution >= 0.6 is 11.6 Å². The highest BCUT2D eigenvalue weighted by molar-refractivity contribution is 6.30. The third-order valence-electron chi connectivity index (χ3n) is 4.38. The van der Waals surface area contributed by atoms with Crippen molar-refractivity contribution in [3.8, 4) is 11.3 Å². The zero-order valence-corrected chi connectivity index (χ0v) is 15.7. The molecule has 3 aromatic heterocycles. The van der Waals surface area contributed by atoms with Gasteiger partial charge in [-0.2, -0.15) is 18.3 Å². The summed E-state index contributed by atoms with van der Waals surface area (Å²) in [4.78, 5) is 19.3. The molecule has 0 bridgehead atoms. The normalized spacial score (nSPS) is 11.8. The molecule has 6 nitrogen and oxygen atoms in total. The van der Waals surface area contributed by atoms with Gasteiger partial charge in [0.15, 0.2) is 0 Å². The molecule has 0 radical (unpaired) electrons. The summed E-state index contributed by atoms with van der Waals surface area (Å²) < 4.78 is 53.0. The van der Waals surface area contributed by atoms with Gasteiger partial charge in [-0.15, -0.1) is 0 Å². The number of hydrogen-bond acceptors (Lipinski definition) is 3. The number of nitrogens with zero attached hydrogens (tertiary/aromatic N) is 2. The number of H-pyrrole nitrogens is 2. The number of pyridine rings is 1. The van der Waals surface area contributed by atoms with Gasteiger partial charge in [-0.3, -0.25) is 9.89 Å². The Morgan fingerprint density at radius 3 is 2.70 bits per heavy atom. The first-order valence-electron chi connectivity index (χ1n) is 8.55. The molecule has 0 saturated heterocycles. The molecule has 0 saturated carbocycles. The van der Waals surface area contributed by atoms with E-state index in [-0.39, 0.29) is 39.7 Å². The number of aromatic amines is 2. The number of rotatable bonds is 4. The first kappa shape index (κ1) is 19.9. The molecule has 0 aliphatic carbocycles. The van der Waals surface area contributed by atoms with Gasteiger partial charge in [-0.05, 0) is 30.3 Å². The zero-order valence-electron chi connectivity index (χ0n) is 14.9. The highest BCUT2D eigenvalue weighted by Crippen LogP contribution is 2.35. The predicted octanol–water partition coefficient (Wildman–Crippen LogP) is 4.69. The lowest BCUT2D eigenvalue weighted by molar-refractivity contribution is -0.140. The Kier molecular flexibility index (Phi) is 4.94. The molecule has 30 heavy (non-hydrogen) atoms. The summed E-state index contributed by atoms with van der Waals surface area (Å²) in [6, 6.07) is 8.55. The maximum atomic E-state index is 13.8. The molecular formula is C19H12ClF4N5O. The lowest BCUT2D eigenvalue weighted by Gasteiger charge is -2.06. The van der Waals surface area contributed by atoms with Crippen LogP contribution in [0.3, 0.4) is 0 Å². The maximum absolute atomic E-state index is 13.8. The molecule has 0 unspecified atom stereocenters. The van der Waals surface area contributed by atoms with Crippen molar-refractivity contribution in [1.29, 1.82) is 0 Å². The van der Waals surface area contributed by atoms with Crippen molar-refractivity contribution in [2.45, 2.75) is 12.7 Å². The van der Waals surface area contributed by atoms with E-state index in [1.807, 2.05) is 5.10 Å². The van der Waals surface area contributed by atoms with Gasteiger partial charge in [-0.1, -0.05) is 17.7 Å². The summed E-state index contributed by atoms with van der Waals surface area (Å²) in [6.07, 6.45) is -3.57. The van der Waals surface area contributed by atoms with Crippen LogP contribution in [-0.2, 0) is 12.7 Å². The van der Waals surface area contributed by atoms with Crippen LogP contribution in [0.15, 0.2) is 42.6 Å². The van der Waals surface area contributed by atoms with Crippen LogP contribution < -0.4 is 5.32 Å². The Balaban J connectivity index is 1.57. The monoisotopic (exact) mass is 437 g/mol. The lowest BCUT2D eigenvalue weighted by atomic mass is 10.1. The van der Waals surface area contributed by atoms with Crippen molar-refractivity contribution >= 4 is 28.5 Å². The molecule has 11 heteroatoms. The third kappa shape index (κ3) is 3.86. The molecule has 3 N–H and O–H groups in total. The molecule has 1 amide bonds. The predicted molar refractivity (Wildman–Crippen MR) is 101 cm³/mol. The smallest absolute Gasteiger partial charge is 0.347 e. The molecule has 0 aliphatic rings. The Bertz CT molecular complexity index is 1250. The molecule has 154 valence electrons. The highest BCUT2D eigenvalue weighted by atomic mass is 35.5. The van der Waals surface area contributed by atoms with Crippen LogP contribution in [0, 0.1) is 5.82 Å². The second kappa shape index (κ2) is 7.45. The van der Waals surface area contributed by atoms with Crippen LogP contribution in [0.25, 0.3) is 22.3 Å². The lowest BCUT2D eigenvalue weighted by Crippen LogP contribution is -2.23. The summed E-state index contributed by atoms with van der Waals surface area (Å²) >= 11 is 5.70. The Morgan fingerprint density at radius 1 is 1.17 bits per heavy atom. The van der Waals surface area contributed by atoms with Gasteiger partial charge in [0.1, 0.15) is 22.9 Å². The van der Waals surface area contributed by atoms with Crippen LogP contribution in [-0.4, -0.2) is 26.1 Å². The van der Waals surface area contributed by atoms with E-state index in [0.29, 0.717) is 5.39 Å². The SMILES string of the molecule is O=C(NCc1ccc(Cl)cc1F)c1cc2ccc(-c3cn[nH]c3C(F)(F)F)nc2[nH]1. The number of benzene rings is 1. The average molecular weight is 438 g/mol. The minimum Gasteiger partial charge on any atom is -0.347 e. The first-order valence-corrected chi connectivity index (χ1v) is 8.93. The number of alkyl halides is 3. The van der Waals surface area contributed by atoms with Crippen LogP contribution in [0.4, 0.5) is 17.6 Å². The Morgan fingerprint density at radius 2 is 1.97 bits per heavy atom. The average Bonchev–Trinajstić information content (AvgIpc) is 3.33. The first-order chi connectivity index (χ1) is 14.2. The summed E-state index contributed by atoms with van der Waals surface area (Å²) in [7, 11) is 0. The minimum absolute atomic E-state index is 0.0422. The number of amides is 1. The largest absolute Gasteiger partial charge is 0.433 e. The van der Waals surface area contributed by atoms with E-state index < -0.39 is 23.6 Å². The molecular weight excluding hydrogens is 426 g/mol. The fourth-order valence-corrected chi connectivity index (χ4v) is 3.07. The molecule has 1 aromatic carbocycles. The third-order valence-corrected chi connectivity index (χ3v) is 4.61. The van der Waals surface area contributed by atoms with E-state index in [9.17, 15) is 22.4 Å². The van der Waals surface area contributed by atoms with Crippen molar-refractivity contribution in [3.63, 3.8) is 0 Å². The second-order valence-corrected chi connectivity index (χ2v) is 6.83. The molecule has 3 heterocycles. The molecule has 0 spiro atoms. The van der Waals surface area contributed by atoms with Gasteiger partial charge >= 0.3 is 6.18 Å². The number of carbonyl (C=O) groups excluding carboxylic acids is 1. The molecule has 0 atom stereocenters. The standard InChI is InChI=1S/C19H12ClF4N5O/c20-11-3-1-10(13(21)6-11)7-25-18(30)15-5-9-2-4-14(27-17(9)28-15)12-8-26-29-16(12)19(22,23)24/h1-6,8H,7H2,(H,25,30)(H,26,29)(H,27,28). The molecule has 4 aromatic rings. The fraction of sp³-hybridized carbons (Fsp3) is 0.105. The quantitative estimate of drug-likeness (QED) is 0.405. The van der Waals surface area contributed by atoms with Gasteiger partial charge in [0, 0.05) is 22.5 Å². The van der Waals surface area contributed by atoms with Gasteiger partial charge in [-0.25, -0.2) is 9.37 Å². The molecule has 0 fully saturated rings. The zero-order chi connectivity index (χ0) is 21.5. The highest BCUT2D eigenvalue weighted by Gasteiger charge is 2.36. The topological polar surface area (TPSA) is 86.5 Å². The van der Waals surface area contributed by atoms with E-state index >= 15 is 0 Å². The Labute approximate surface area is 171 Å². The van der Waals surface area contributed by atoms with Crippen LogP contribution in [0.2, 0.25) is 5.02 Å². The summed E-state index contributed by atoms with van der Waals surface area (Å²) in [6.45, 7) is -0.0696. The van der Waals surface area contributed by atoms with Crippen LogP contribution in [0.5, 0.6) is 0 Å². The van der Waals surface area contributed by atoms with Gasteiger partial charge in [0.2, 0.25) is 0 Å². The second-order valence-electron chi connectivity index (χ2n) is 6.39. The van der Waals surface area contributed by atoms with Crippen molar-refractivity contribution < 1.29 is 22.4 Å². The minimum atomic E-state index is -4.61. The summed E-state index contributed by atoms with van der Waals surface area (Å²) in [5.41, 5.74) is -0.562. The van der Waals surface area contributed by atoms with Crippen molar-refractivity contribution in [2.24, 2.45) is 0 Å². The van der Waals surface area contributed by atoms with Gasteiger partial charge in [0.05, 0.1) is 17.5 Å². The number of nitrogens with one attached hydrogen (secondary N) is 3. The van der Waals surface area contributed by atoms with E-state index in [0.717, 1.165) is 12.3 Å². The van der Waals surface area contributed by atoms with E-state index in [2.05, 4.69) is 20.4 Å².